The van der Waals surface area contributed by atoms with Crippen molar-refractivity contribution >= 4 is 12.0 Å². The third-order valence-electron chi connectivity index (χ3n) is 5.11. The predicted molar refractivity (Wildman–Crippen MR) is 91.7 cm³/mol. The molecule has 1 saturated carbocycles. The van der Waals surface area contributed by atoms with E-state index in [1.54, 1.807) is 4.90 Å². The minimum Gasteiger partial charge on any atom is -0.481 e. The SMILES string of the molecule is Cc1ccc(C(NC(=O)N2CC(C)CC(C(=O)O)C2)C2CC2)cc1. The second-order valence-electron chi connectivity index (χ2n) is 7.46. The van der Waals surface area contributed by atoms with Crippen LogP contribution in [0.5, 0.6) is 0 Å². The Bertz CT molecular complexity index is 610. The summed E-state index contributed by atoms with van der Waals surface area (Å²) < 4.78 is 0. The van der Waals surface area contributed by atoms with Gasteiger partial charge in [-0.25, -0.2) is 4.79 Å². The van der Waals surface area contributed by atoms with Crippen LogP contribution in [0.4, 0.5) is 4.79 Å². The van der Waals surface area contributed by atoms with Crippen LogP contribution in [-0.4, -0.2) is 35.1 Å². The van der Waals surface area contributed by atoms with Crippen LogP contribution in [0, 0.1) is 24.7 Å². The van der Waals surface area contributed by atoms with Gasteiger partial charge in [-0.15, -0.1) is 0 Å². The molecule has 2 aliphatic rings. The molecule has 3 atom stereocenters. The number of carbonyl (C=O) groups excluding carboxylic acids is 1. The molecule has 2 amide bonds. The second-order valence-corrected chi connectivity index (χ2v) is 7.46. The molecule has 1 aromatic rings. The first-order valence-electron chi connectivity index (χ1n) is 8.79. The molecule has 5 heteroatoms. The minimum absolute atomic E-state index is 0.0265. The highest BCUT2D eigenvalue weighted by atomic mass is 16.4. The van der Waals surface area contributed by atoms with Crippen LogP contribution in [0.3, 0.4) is 0 Å². The first kappa shape index (κ1) is 16.8. The molecule has 1 heterocycles. The number of nitrogens with one attached hydrogen (secondary N) is 1. The molecule has 0 radical (unpaired) electrons. The van der Waals surface area contributed by atoms with Crippen molar-refractivity contribution in [1.82, 2.24) is 10.2 Å². The van der Waals surface area contributed by atoms with E-state index >= 15 is 0 Å². The van der Waals surface area contributed by atoms with Crippen LogP contribution >= 0.6 is 0 Å². The summed E-state index contributed by atoms with van der Waals surface area (Å²) in [5.74, 6) is -0.562. The number of carbonyl (C=O) groups is 2. The Morgan fingerprint density at radius 2 is 1.88 bits per heavy atom. The summed E-state index contributed by atoms with van der Waals surface area (Å²) >= 11 is 0. The van der Waals surface area contributed by atoms with Gasteiger partial charge < -0.3 is 15.3 Å². The lowest BCUT2D eigenvalue weighted by molar-refractivity contribution is -0.143. The first-order chi connectivity index (χ1) is 11.4. The number of carboxylic acids is 1. The molecule has 0 bridgehead atoms. The molecule has 2 N–H and O–H groups in total. The summed E-state index contributed by atoms with van der Waals surface area (Å²) in [5, 5.41) is 12.4. The van der Waals surface area contributed by atoms with Crippen molar-refractivity contribution in [2.75, 3.05) is 13.1 Å². The normalized spacial score (nSPS) is 25.2. The molecule has 5 nitrogen and oxygen atoms in total. The van der Waals surface area contributed by atoms with Gasteiger partial charge in [0.2, 0.25) is 0 Å². The highest BCUT2D eigenvalue weighted by Gasteiger charge is 2.36. The number of rotatable bonds is 4. The number of aryl methyl sites for hydroxylation is 1. The Labute approximate surface area is 143 Å². The zero-order valence-electron chi connectivity index (χ0n) is 14.4. The zero-order valence-corrected chi connectivity index (χ0v) is 14.4. The molecular formula is C19H26N2O3. The van der Waals surface area contributed by atoms with Gasteiger partial charge in [0.1, 0.15) is 0 Å². The maximum absolute atomic E-state index is 12.7. The standard InChI is InChI=1S/C19H26N2O3/c1-12-3-5-14(6-4-12)17(15-7-8-15)20-19(24)21-10-13(2)9-16(11-21)18(22)23/h3-6,13,15-17H,7-11H2,1-2H3,(H,20,24)(H,22,23). The smallest absolute Gasteiger partial charge is 0.317 e. The van der Waals surface area contributed by atoms with E-state index in [4.69, 9.17) is 0 Å². The quantitative estimate of drug-likeness (QED) is 0.891. The van der Waals surface area contributed by atoms with Crippen molar-refractivity contribution < 1.29 is 14.7 Å². The average molecular weight is 330 g/mol. The number of hydrogen-bond donors (Lipinski definition) is 2. The summed E-state index contributed by atoms with van der Waals surface area (Å²) in [7, 11) is 0. The topological polar surface area (TPSA) is 69.6 Å². The molecule has 1 saturated heterocycles. The van der Waals surface area contributed by atoms with Crippen LogP contribution in [0.1, 0.15) is 43.4 Å². The third kappa shape index (κ3) is 3.89. The fourth-order valence-electron chi connectivity index (χ4n) is 3.60. The monoisotopic (exact) mass is 330 g/mol. The highest BCUT2D eigenvalue weighted by Crippen LogP contribution is 2.41. The van der Waals surface area contributed by atoms with Crippen LogP contribution in [0.15, 0.2) is 24.3 Å². The lowest BCUT2D eigenvalue weighted by atomic mass is 9.90. The summed E-state index contributed by atoms with van der Waals surface area (Å²) in [6, 6.07) is 8.19. The van der Waals surface area contributed by atoms with Crippen molar-refractivity contribution in [2.24, 2.45) is 17.8 Å². The molecule has 2 fully saturated rings. The van der Waals surface area contributed by atoms with Crippen molar-refractivity contribution in [3.63, 3.8) is 0 Å². The Morgan fingerprint density at radius 1 is 1.21 bits per heavy atom. The van der Waals surface area contributed by atoms with E-state index in [-0.39, 0.29) is 18.0 Å². The molecule has 3 unspecified atom stereocenters. The molecule has 24 heavy (non-hydrogen) atoms. The van der Waals surface area contributed by atoms with Crippen molar-refractivity contribution in [3.05, 3.63) is 35.4 Å². The van der Waals surface area contributed by atoms with E-state index in [0.29, 0.717) is 25.4 Å². The van der Waals surface area contributed by atoms with E-state index in [0.717, 1.165) is 18.4 Å². The summed E-state index contributed by atoms with van der Waals surface area (Å²) in [6.45, 7) is 4.99. The number of aliphatic carboxylic acids is 1. The number of hydrogen-bond acceptors (Lipinski definition) is 2. The lowest BCUT2D eigenvalue weighted by Gasteiger charge is -2.35. The fraction of sp³-hybridized carbons (Fsp3) is 0.579. The molecular weight excluding hydrogens is 304 g/mol. The summed E-state index contributed by atoms with van der Waals surface area (Å²) in [6.07, 6.45) is 2.91. The number of piperidine rings is 1. The van der Waals surface area contributed by atoms with Crippen molar-refractivity contribution in [3.8, 4) is 0 Å². The maximum atomic E-state index is 12.7. The van der Waals surface area contributed by atoms with Gasteiger partial charge >= 0.3 is 12.0 Å². The maximum Gasteiger partial charge on any atom is 0.317 e. The van der Waals surface area contributed by atoms with E-state index in [1.807, 2.05) is 6.92 Å². The van der Waals surface area contributed by atoms with E-state index < -0.39 is 11.9 Å². The van der Waals surface area contributed by atoms with Gasteiger partial charge in [0.25, 0.3) is 0 Å². The highest BCUT2D eigenvalue weighted by molar-refractivity contribution is 5.77. The van der Waals surface area contributed by atoms with Gasteiger partial charge in [0.15, 0.2) is 0 Å². The summed E-state index contributed by atoms with van der Waals surface area (Å²) in [5.41, 5.74) is 2.34. The van der Waals surface area contributed by atoms with Crippen molar-refractivity contribution in [1.29, 1.82) is 0 Å². The van der Waals surface area contributed by atoms with Crippen molar-refractivity contribution in [2.45, 2.75) is 39.2 Å². The van der Waals surface area contributed by atoms with Gasteiger partial charge in [-0.2, -0.15) is 0 Å². The number of nitrogens with zero attached hydrogens (tertiary/aromatic N) is 1. The molecule has 1 aliphatic heterocycles. The Morgan fingerprint density at radius 3 is 2.46 bits per heavy atom. The van der Waals surface area contributed by atoms with Gasteiger partial charge in [-0.05, 0) is 43.6 Å². The number of carboxylic acid groups (broad SMARTS) is 1. The van der Waals surface area contributed by atoms with Gasteiger partial charge in [0.05, 0.1) is 12.0 Å². The van der Waals surface area contributed by atoms with Crippen LogP contribution < -0.4 is 5.32 Å². The minimum atomic E-state index is -0.809. The lowest BCUT2D eigenvalue weighted by Crippen LogP contribution is -2.50. The molecule has 130 valence electrons. The fourth-order valence-corrected chi connectivity index (χ4v) is 3.60. The first-order valence-corrected chi connectivity index (χ1v) is 8.79. The molecule has 0 spiro atoms. The number of amides is 2. The van der Waals surface area contributed by atoms with Gasteiger partial charge in [-0.3, -0.25) is 4.79 Å². The Kier molecular flexibility index (Phi) is 4.78. The van der Waals surface area contributed by atoms with E-state index in [9.17, 15) is 14.7 Å². The van der Waals surface area contributed by atoms with Gasteiger partial charge in [0, 0.05) is 13.1 Å². The predicted octanol–water partition coefficient (Wildman–Crippen LogP) is 3.20. The molecule has 1 aromatic carbocycles. The Balaban J connectivity index is 1.69. The van der Waals surface area contributed by atoms with Crippen LogP contribution in [0.25, 0.3) is 0 Å². The van der Waals surface area contributed by atoms with E-state index in [2.05, 4.69) is 36.5 Å². The Hall–Kier alpha value is -2.04. The largest absolute Gasteiger partial charge is 0.481 e. The number of benzene rings is 1. The molecule has 0 aromatic heterocycles. The summed E-state index contributed by atoms with van der Waals surface area (Å²) in [4.78, 5) is 25.7. The third-order valence-corrected chi connectivity index (χ3v) is 5.11. The molecule has 3 rings (SSSR count). The molecule has 1 aliphatic carbocycles. The number of likely N-dealkylation sites (tertiary alicyclic amines) is 1. The zero-order chi connectivity index (χ0) is 17.3. The average Bonchev–Trinajstić information content (AvgIpc) is 3.37. The van der Waals surface area contributed by atoms with Crippen LogP contribution in [0.2, 0.25) is 0 Å². The second kappa shape index (κ2) is 6.83. The van der Waals surface area contributed by atoms with Gasteiger partial charge in [-0.1, -0.05) is 36.8 Å². The number of urea groups is 1. The van der Waals surface area contributed by atoms with Crippen LogP contribution in [-0.2, 0) is 4.79 Å². The van der Waals surface area contributed by atoms with E-state index in [1.165, 1.54) is 5.56 Å².